The molecule has 0 aliphatic rings. The molecule has 0 aromatic rings. The Morgan fingerprint density at radius 1 is 0.818 bits per heavy atom. The van der Waals surface area contributed by atoms with E-state index in [9.17, 15) is 39.0 Å². The number of nitrogens with one attached hydrogen (secondary N) is 3. The van der Waals surface area contributed by atoms with Gasteiger partial charge in [-0.2, -0.15) is 0 Å². The van der Waals surface area contributed by atoms with Gasteiger partial charge in [0.05, 0.1) is 18.6 Å². The summed E-state index contributed by atoms with van der Waals surface area (Å²) in [5.41, 5.74) is 15.5. The van der Waals surface area contributed by atoms with Crippen LogP contribution in [0.5, 0.6) is 0 Å². The summed E-state index contributed by atoms with van der Waals surface area (Å²) in [6, 6.07) is -5.52. The number of aliphatic hydroxyl groups excluding tert-OH is 1. The average molecular weight is 475 g/mol. The van der Waals surface area contributed by atoms with E-state index in [0.717, 1.165) is 0 Å². The summed E-state index contributed by atoms with van der Waals surface area (Å²) in [4.78, 5) is 70.8. The number of carbonyl (C=O) groups excluding carboxylic acids is 5. The molecule has 14 nitrogen and oxygen atoms in total. The lowest BCUT2D eigenvalue weighted by atomic mass is 10.0. The third-order valence-corrected chi connectivity index (χ3v) is 4.45. The first-order chi connectivity index (χ1) is 15.1. The Labute approximate surface area is 191 Å². The van der Waals surface area contributed by atoms with Crippen molar-refractivity contribution in [2.24, 2.45) is 23.1 Å². The van der Waals surface area contributed by atoms with Crippen molar-refractivity contribution in [1.29, 1.82) is 0 Å². The quantitative estimate of drug-likeness (QED) is 0.116. The maximum atomic E-state index is 12.7. The summed E-state index contributed by atoms with van der Waals surface area (Å²) in [5, 5.41) is 26.0. The molecule has 0 fully saturated rings. The number of hydrogen-bond acceptors (Lipinski definition) is 8. The minimum Gasteiger partial charge on any atom is -0.480 e. The first-order valence-electron chi connectivity index (χ1n) is 10.3. The van der Waals surface area contributed by atoms with Crippen molar-refractivity contribution < 1.29 is 39.0 Å². The maximum Gasteiger partial charge on any atom is 0.326 e. The van der Waals surface area contributed by atoms with Gasteiger partial charge in [-0.3, -0.25) is 24.0 Å². The smallest absolute Gasteiger partial charge is 0.326 e. The number of amides is 5. The third-order valence-electron chi connectivity index (χ3n) is 4.45. The highest BCUT2D eigenvalue weighted by atomic mass is 16.4. The van der Waals surface area contributed by atoms with Crippen LogP contribution in [0.3, 0.4) is 0 Å². The van der Waals surface area contributed by atoms with Gasteiger partial charge < -0.3 is 43.4 Å². The van der Waals surface area contributed by atoms with Gasteiger partial charge in [0.2, 0.25) is 29.5 Å². The minimum atomic E-state index is -1.52. The monoisotopic (exact) mass is 474 g/mol. The van der Waals surface area contributed by atoms with E-state index < -0.39 is 72.2 Å². The molecule has 14 heteroatoms. The van der Waals surface area contributed by atoms with Crippen molar-refractivity contribution in [2.75, 3.05) is 0 Å². The van der Waals surface area contributed by atoms with Gasteiger partial charge in [-0.05, 0) is 25.7 Å². The Hall–Kier alpha value is -3.26. The van der Waals surface area contributed by atoms with Crippen LogP contribution in [0.2, 0.25) is 0 Å². The topological polar surface area (TPSA) is 257 Å². The molecule has 0 aromatic heterocycles. The number of primary amides is 2. The van der Waals surface area contributed by atoms with Crippen molar-refractivity contribution in [3.8, 4) is 0 Å². The van der Waals surface area contributed by atoms with Gasteiger partial charge in [0.1, 0.15) is 18.1 Å². The molecule has 5 unspecified atom stereocenters. The van der Waals surface area contributed by atoms with Crippen LogP contribution >= 0.6 is 0 Å². The van der Waals surface area contributed by atoms with Gasteiger partial charge in [0.25, 0.3) is 0 Å². The molecule has 0 saturated carbocycles. The van der Waals surface area contributed by atoms with Crippen molar-refractivity contribution in [1.82, 2.24) is 16.0 Å². The van der Waals surface area contributed by atoms with Crippen LogP contribution in [0.4, 0.5) is 0 Å². The highest BCUT2D eigenvalue weighted by molar-refractivity contribution is 5.95. The Kier molecular flexibility index (Phi) is 12.6. The average Bonchev–Trinajstić information content (AvgIpc) is 2.66. The zero-order valence-corrected chi connectivity index (χ0v) is 18.9. The number of carbonyl (C=O) groups is 6. The van der Waals surface area contributed by atoms with Crippen LogP contribution < -0.4 is 33.2 Å². The zero-order chi connectivity index (χ0) is 25.9. The largest absolute Gasteiger partial charge is 0.480 e. The molecule has 5 amide bonds. The van der Waals surface area contributed by atoms with E-state index in [1.165, 1.54) is 6.92 Å². The van der Waals surface area contributed by atoms with E-state index >= 15 is 0 Å². The molecule has 11 N–H and O–H groups in total. The highest BCUT2D eigenvalue weighted by Gasteiger charge is 2.33. The van der Waals surface area contributed by atoms with Crippen molar-refractivity contribution >= 4 is 35.5 Å². The molecule has 0 radical (unpaired) electrons. The lowest BCUT2D eigenvalue weighted by Gasteiger charge is -2.27. The van der Waals surface area contributed by atoms with Gasteiger partial charge >= 0.3 is 5.97 Å². The number of aliphatic carboxylic acids is 1. The molecule has 33 heavy (non-hydrogen) atoms. The lowest BCUT2D eigenvalue weighted by Crippen LogP contribution is -2.60. The van der Waals surface area contributed by atoms with E-state index in [1.54, 1.807) is 13.8 Å². The fraction of sp³-hybridized carbons (Fsp3) is 0.684. The number of hydrogen-bond donors (Lipinski definition) is 8. The summed E-state index contributed by atoms with van der Waals surface area (Å²) in [5.74, 6) is -5.78. The normalized spacial score (nSPS) is 15.5. The van der Waals surface area contributed by atoms with Crippen LogP contribution in [0.15, 0.2) is 0 Å². The lowest BCUT2D eigenvalue weighted by molar-refractivity contribution is -0.142. The van der Waals surface area contributed by atoms with Crippen molar-refractivity contribution in [3.63, 3.8) is 0 Å². The van der Waals surface area contributed by atoms with E-state index in [4.69, 9.17) is 17.2 Å². The van der Waals surface area contributed by atoms with Gasteiger partial charge in [-0.25, -0.2) is 4.79 Å². The second kappa shape index (κ2) is 14.0. The molecule has 0 aromatic carbocycles. The van der Waals surface area contributed by atoms with Gasteiger partial charge in [-0.1, -0.05) is 13.8 Å². The Morgan fingerprint density at radius 2 is 1.36 bits per heavy atom. The van der Waals surface area contributed by atoms with Crippen LogP contribution in [0.1, 0.15) is 46.5 Å². The third kappa shape index (κ3) is 11.8. The van der Waals surface area contributed by atoms with E-state index in [0.29, 0.717) is 0 Å². The molecule has 0 aliphatic heterocycles. The number of nitrogens with two attached hydrogens (primary N) is 3. The first-order valence-corrected chi connectivity index (χ1v) is 10.3. The summed E-state index contributed by atoms with van der Waals surface area (Å²) in [6.45, 7) is 4.72. The second-order valence-corrected chi connectivity index (χ2v) is 8.10. The summed E-state index contributed by atoms with van der Waals surface area (Å²) in [6.07, 6.45) is -2.32. The second-order valence-electron chi connectivity index (χ2n) is 8.10. The highest BCUT2D eigenvalue weighted by Crippen LogP contribution is 2.08. The van der Waals surface area contributed by atoms with E-state index in [2.05, 4.69) is 16.0 Å². The predicted octanol–water partition coefficient (Wildman–Crippen LogP) is -3.58. The van der Waals surface area contributed by atoms with Crippen LogP contribution in [0, 0.1) is 5.92 Å². The molecule has 0 heterocycles. The Balaban J connectivity index is 5.45. The van der Waals surface area contributed by atoms with Gasteiger partial charge in [0, 0.05) is 6.42 Å². The fourth-order valence-corrected chi connectivity index (χ4v) is 2.76. The molecule has 0 aliphatic carbocycles. The Morgan fingerprint density at radius 3 is 1.79 bits per heavy atom. The van der Waals surface area contributed by atoms with Crippen LogP contribution in [0.25, 0.3) is 0 Å². The van der Waals surface area contributed by atoms with Gasteiger partial charge in [0.15, 0.2) is 0 Å². The minimum absolute atomic E-state index is 0.0986. The standard InChI is InChI=1S/C19H34N6O8/c1-8(2)6-12(17(30)23-11(19(32)33)4-5-13(21)27)24-18(31)15(9(3)26)25-16(29)10(20)7-14(22)28/h8-12,15,26H,4-7,20H2,1-3H3,(H2,21,27)(H2,22,28)(H,23,30)(H,24,31)(H,25,29)(H,32,33). The van der Waals surface area contributed by atoms with Crippen molar-refractivity contribution in [3.05, 3.63) is 0 Å². The summed E-state index contributed by atoms with van der Waals surface area (Å²) in [7, 11) is 0. The fourth-order valence-electron chi connectivity index (χ4n) is 2.76. The molecular formula is C19H34N6O8. The molecule has 0 rings (SSSR count). The van der Waals surface area contributed by atoms with E-state index in [-0.39, 0.29) is 25.2 Å². The summed E-state index contributed by atoms with van der Waals surface area (Å²) >= 11 is 0. The number of rotatable bonds is 15. The molecule has 188 valence electrons. The van der Waals surface area contributed by atoms with Crippen LogP contribution in [-0.2, 0) is 28.8 Å². The molecule has 5 atom stereocenters. The molecular weight excluding hydrogens is 440 g/mol. The number of carboxylic acids is 1. The molecule has 0 spiro atoms. The maximum absolute atomic E-state index is 12.7. The van der Waals surface area contributed by atoms with Crippen molar-refractivity contribution in [2.45, 2.75) is 76.7 Å². The van der Waals surface area contributed by atoms with Crippen LogP contribution in [-0.4, -0.2) is 76.0 Å². The first kappa shape index (κ1) is 29.7. The Bertz CT molecular complexity index is 742. The molecule has 0 saturated heterocycles. The predicted molar refractivity (Wildman–Crippen MR) is 115 cm³/mol. The van der Waals surface area contributed by atoms with E-state index in [1.807, 2.05) is 0 Å². The molecule has 0 bridgehead atoms. The van der Waals surface area contributed by atoms with Gasteiger partial charge in [-0.15, -0.1) is 0 Å². The zero-order valence-electron chi connectivity index (χ0n) is 18.9. The number of carboxylic acid groups (broad SMARTS) is 1. The summed E-state index contributed by atoms with van der Waals surface area (Å²) < 4.78 is 0. The number of aliphatic hydroxyl groups is 1. The SMILES string of the molecule is CC(C)CC(NC(=O)C(NC(=O)C(N)CC(N)=O)C(C)O)C(=O)NC(CCC(N)=O)C(=O)O.